The molecule has 1 atom stereocenters. The minimum Gasteiger partial charge on any atom is -0.478 e. The molecule has 2 aromatic rings. The van der Waals surface area contributed by atoms with Gasteiger partial charge in [-0.05, 0) is 23.3 Å². The molecule has 0 radical (unpaired) electrons. The van der Waals surface area contributed by atoms with Gasteiger partial charge in [-0.1, -0.05) is 54.6 Å². The van der Waals surface area contributed by atoms with Crippen molar-refractivity contribution < 1.29 is 32.5 Å². The Hall–Kier alpha value is -3.48. The molecule has 1 unspecified atom stereocenters. The molecule has 0 saturated carbocycles. The standard InChI is InChI=1S/C22H17F3O4/c23-22(24,25)17-11-9-16(10-12-17)18(7-4-8-20(26)27)19-14-28-21(29-19)13-15-5-2-1-3-6-15/h1-12,14,21H,13H2,(H,26,27)/b8-4+,18-7+. The first-order valence-electron chi connectivity index (χ1n) is 8.68. The van der Waals surface area contributed by atoms with E-state index in [9.17, 15) is 18.0 Å². The number of hydrogen-bond acceptors (Lipinski definition) is 3. The van der Waals surface area contributed by atoms with Gasteiger partial charge in [0.15, 0.2) is 5.76 Å². The first-order chi connectivity index (χ1) is 13.8. The Morgan fingerprint density at radius 2 is 1.76 bits per heavy atom. The maximum Gasteiger partial charge on any atom is 0.416 e. The number of carbonyl (C=O) groups is 1. The third-order valence-electron chi connectivity index (χ3n) is 4.12. The van der Waals surface area contributed by atoms with Crippen LogP contribution in [0.2, 0.25) is 0 Å². The van der Waals surface area contributed by atoms with E-state index < -0.39 is 24.0 Å². The quantitative estimate of drug-likeness (QED) is 0.534. The van der Waals surface area contributed by atoms with Crippen molar-refractivity contribution in [2.45, 2.75) is 18.9 Å². The molecule has 0 bridgehead atoms. The number of alkyl halides is 3. The van der Waals surface area contributed by atoms with Gasteiger partial charge in [0.2, 0.25) is 6.29 Å². The summed E-state index contributed by atoms with van der Waals surface area (Å²) in [6.45, 7) is 0. The molecule has 3 rings (SSSR count). The monoisotopic (exact) mass is 402 g/mol. The number of hydrogen-bond donors (Lipinski definition) is 1. The van der Waals surface area contributed by atoms with Crippen LogP contribution in [0.15, 0.2) is 84.8 Å². The average molecular weight is 402 g/mol. The molecular formula is C22H17F3O4. The molecule has 1 heterocycles. The first kappa shape index (κ1) is 20.3. The first-order valence-corrected chi connectivity index (χ1v) is 8.68. The van der Waals surface area contributed by atoms with Crippen molar-refractivity contribution in [2.75, 3.05) is 0 Å². The van der Waals surface area contributed by atoms with E-state index in [0.717, 1.165) is 23.8 Å². The molecule has 150 valence electrons. The minimum atomic E-state index is -4.45. The Labute approximate surface area is 165 Å². The normalized spacial score (nSPS) is 17.0. The van der Waals surface area contributed by atoms with Crippen LogP contribution >= 0.6 is 0 Å². The van der Waals surface area contributed by atoms with Gasteiger partial charge in [0.1, 0.15) is 6.26 Å². The SMILES string of the molecule is O=C(O)/C=C/C=C(/C1=COC(Cc2ccccc2)O1)c1ccc(C(F)(F)F)cc1. The Morgan fingerprint density at radius 3 is 2.38 bits per heavy atom. The molecular weight excluding hydrogens is 385 g/mol. The topological polar surface area (TPSA) is 55.8 Å². The molecule has 29 heavy (non-hydrogen) atoms. The summed E-state index contributed by atoms with van der Waals surface area (Å²) >= 11 is 0. The number of ether oxygens (including phenoxy) is 2. The number of aliphatic carboxylic acids is 1. The summed E-state index contributed by atoms with van der Waals surface area (Å²) in [5.41, 5.74) is 1.06. The van der Waals surface area contributed by atoms with Crippen molar-refractivity contribution in [1.29, 1.82) is 0 Å². The summed E-state index contributed by atoms with van der Waals surface area (Å²) in [6.07, 6.45) is 0.480. The zero-order valence-electron chi connectivity index (χ0n) is 15.1. The van der Waals surface area contributed by atoms with Crippen LogP contribution in [0, 0.1) is 0 Å². The summed E-state index contributed by atoms with van der Waals surface area (Å²) in [5.74, 6) is -0.840. The fourth-order valence-corrected chi connectivity index (χ4v) is 2.74. The lowest BCUT2D eigenvalue weighted by molar-refractivity contribution is -0.137. The Bertz CT molecular complexity index is 942. The van der Waals surface area contributed by atoms with E-state index in [1.807, 2.05) is 30.3 Å². The van der Waals surface area contributed by atoms with Gasteiger partial charge in [-0.25, -0.2) is 4.79 Å². The number of halogens is 3. The summed E-state index contributed by atoms with van der Waals surface area (Å²) in [5, 5.41) is 8.78. The van der Waals surface area contributed by atoms with E-state index in [-0.39, 0.29) is 0 Å². The van der Waals surface area contributed by atoms with Crippen LogP contribution in [0.1, 0.15) is 16.7 Å². The highest BCUT2D eigenvalue weighted by molar-refractivity contribution is 5.83. The van der Waals surface area contributed by atoms with Crippen molar-refractivity contribution in [2.24, 2.45) is 0 Å². The Balaban J connectivity index is 1.82. The second kappa shape index (κ2) is 8.68. The summed E-state index contributed by atoms with van der Waals surface area (Å²) in [7, 11) is 0. The van der Waals surface area contributed by atoms with E-state index in [1.54, 1.807) is 0 Å². The zero-order valence-corrected chi connectivity index (χ0v) is 15.1. The highest BCUT2D eigenvalue weighted by Gasteiger charge is 2.30. The smallest absolute Gasteiger partial charge is 0.416 e. The van der Waals surface area contributed by atoms with Crippen molar-refractivity contribution in [3.8, 4) is 0 Å². The summed E-state index contributed by atoms with van der Waals surface area (Å²) in [6, 6.07) is 14.1. The summed E-state index contributed by atoms with van der Waals surface area (Å²) in [4.78, 5) is 10.7. The number of allylic oxidation sites excluding steroid dienone is 3. The van der Waals surface area contributed by atoms with E-state index >= 15 is 0 Å². The predicted octanol–water partition coefficient (Wildman–Crippen LogP) is 5.19. The average Bonchev–Trinajstić information content (AvgIpc) is 3.13. The lowest BCUT2D eigenvalue weighted by Gasteiger charge is -2.14. The van der Waals surface area contributed by atoms with Crippen molar-refractivity contribution in [3.05, 3.63) is 102 Å². The van der Waals surface area contributed by atoms with Gasteiger partial charge in [-0.15, -0.1) is 0 Å². The van der Waals surface area contributed by atoms with Gasteiger partial charge < -0.3 is 14.6 Å². The maximum atomic E-state index is 12.8. The van der Waals surface area contributed by atoms with E-state index in [0.29, 0.717) is 23.3 Å². The fourth-order valence-electron chi connectivity index (χ4n) is 2.74. The van der Waals surface area contributed by atoms with Gasteiger partial charge in [-0.2, -0.15) is 13.2 Å². The van der Waals surface area contributed by atoms with Gasteiger partial charge in [0.05, 0.1) is 5.56 Å². The second-order valence-electron chi connectivity index (χ2n) is 6.21. The van der Waals surface area contributed by atoms with Crippen LogP contribution in [0.5, 0.6) is 0 Å². The van der Waals surface area contributed by atoms with Gasteiger partial charge >= 0.3 is 12.1 Å². The molecule has 0 aromatic heterocycles. The van der Waals surface area contributed by atoms with Crippen molar-refractivity contribution in [1.82, 2.24) is 0 Å². The van der Waals surface area contributed by atoms with Crippen LogP contribution < -0.4 is 0 Å². The van der Waals surface area contributed by atoms with Crippen LogP contribution in [-0.2, 0) is 26.9 Å². The molecule has 0 spiro atoms. The van der Waals surface area contributed by atoms with Crippen LogP contribution in [0.4, 0.5) is 13.2 Å². The lowest BCUT2D eigenvalue weighted by atomic mass is 10.0. The molecule has 0 saturated heterocycles. The van der Waals surface area contributed by atoms with Gasteiger partial charge in [0.25, 0.3) is 0 Å². The highest BCUT2D eigenvalue weighted by Crippen LogP contribution is 2.33. The van der Waals surface area contributed by atoms with Crippen molar-refractivity contribution >= 4 is 11.5 Å². The Morgan fingerprint density at radius 1 is 1.07 bits per heavy atom. The largest absolute Gasteiger partial charge is 0.478 e. The lowest BCUT2D eigenvalue weighted by Crippen LogP contribution is -2.12. The van der Waals surface area contributed by atoms with Crippen molar-refractivity contribution in [3.63, 3.8) is 0 Å². The number of rotatable bonds is 6. The number of benzene rings is 2. The third-order valence-corrected chi connectivity index (χ3v) is 4.12. The molecule has 1 aliphatic rings. The van der Waals surface area contributed by atoms with Gasteiger partial charge in [0, 0.05) is 18.1 Å². The molecule has 0 fully saturated rings. The van der Waals surface area contributed by atoms with Crippen LogP contribution in [0.3, 0.4) is 0 Å². The maximum absolute atomic E-state index is 12.8. The Kier molecular flexibility index (Phi) is 6.07. The second-order valence-corrected chi connectivity index (χ2v) is 6.21. The zero-order chi connectivity index (χ0) is 20.9. The minimum absolute atomic E-state index is 0.306. The predicted molar refractivity (Wildman–Crippen MR) is 100 cm³/mol. The van der Waals surface area contributed by atoms with Crippen LogP contribution in [-0.4, -0.2) is 17.4 Å². The van der Waals surface area contributed by atoms with E-state index in [1.165, 1.54) is 30.5 Å². The van der Waals surface area contributed by atoms with Gasteiger partial charge in [-0.3, -0.25) is 0 Å². The summed E-state index contributed by atoms with van der Waals surface area (Å²) < 4.78 is 49.8. The van der Waals surface area contributed by atoms with E-state index in [4.69, 9.17) is 14.6 Å². The number of carboxylic acid groups (broad SMARTS) is 1. The molecule has 4 nitrogen and oxygen atoms in total. The molecule has 2 aromatic carbocycles. The highest BCUT2D eigenvalue weighted by atomic mass is 19.4. The van der Waals surface area contributed by atoms with Crippen LogP contribution in [0.25, 0.3) is 5.57 Å². The molecule has 1 aliphatic heterocycles. The molecule has 7 heteroatoms. The molecule has 0 aliphatic carbocycles. The number of carboxylic acids is 1. The molecule has 0 amide bonds. The molecule has 1 N–H and O–H groups in total. The van der Waals surface area contributed by atoms with E-state index in [2.05, 4.69) is 0 Å². The fraction of sp³-hybridized carbons (Fsp3) is 0.136. The third kappa shape index (κ3) is 5.51.